The number of anilines is 1. The van der Waals surface area contributed by atoms with Crippen LogP contribution < -0.4 is 10.6 Å². The molecule has 0 radical (unpaired) electrons. The molecular formula is C11H15N3O2. The van der Waals surface area contributed by atoms with Crippen molar-refractivity contribution >= 4 is 11.7 Å². The highest BCUT2D eigenvalue weighted by atomic mass is 16.3. The molecule has 1 atom stereocenters. The maximum absolute atomic E-state index is 12.0. The van der Waals surface area contributed by atoms with Crippen molar-refractivity contribution in [1.82, 2.24) is 10.3 Å². The lowest BCUT2D eigenvalue weighted by atomic mass is 9.99. The summed E-state index contributed by atoms with van der Waals surface area (Å²) in [6, 6.07) is 3.10. The largest absolute Gasteiger partial charge is 0.504 e. The number of hydrogen-bond donors (Lipinski definition) is 3. The number of aromatic nitrogens is 1. The van der Waals surface area contributed by atoms with Crippen LogP contribution in [0.2, 0.25) is 0 Å². The number of carbonyl (C=O) groups is 1. The van der Waals surface area contributed by atoms with Crippen molar-refractivity contribution < 1.29 is 9.90 Å². The summed E-state index contributed by atoms with van der Waals surface area (Å²) in [5, 5.41) is 15.3. The second kappa shape index (κ2) is 4.09. The maximum atomic E-state index is 12.0. The predicted molar refractivity (Wildman–Crippen MR) is 60.2 cm³/mol. The number of nitrogens with one attached hydrogen (secondary N) is 2. The lowest BCUT2D eigenvalue weighted by Crippen LogP contribution is -2.48. The molecule has 1 amide bonds. The standard InChI is InChI=1S/C11H15N3O2/c1-11(5-3-7-13-11)10(16)14-9-8(15)4-2-6-12-9/h2,4,6,13,15H,3,5,7H2,1H3,(H,12,14,16). The molecule has 0 aromatic carbocycles. The smallest absolute Gasteiger partial charge is 0.245 e. The lowest BCUT2D eigenvalue weighted by Gasteiger charge is -2.22. The van der Waals surface area contributed by atoms with E-state index in [1.165, 1.54) is 12.3 Å². The van der Waals surface area contributed by atoms with Gasteiger partial charge in [-0.3, -0.25) is 4.79 Å². The van der Waals surface area contributed by atoms with E-state index in [4.69, 9.17) is 0 Å². The molecule has 1 aliphatic heterocycles. The summed E-state index contributed by atoms with van der Waals surface area (Å²) >= 11 is 0. The van der Waals surface area contributed by atoms with E-state index < -0.39 is 5.54 Å². The second-order valence-corrected chi connectivity index (χ2v) is 4.19. The Labute approximate surface area is 93.9 Å². The zero-order chi connectivity index (χ0) is 11.6. The van der Waals surface area contributed by atoms with Gasteiger partial charge >= 0.3 is 0 Å². The molecule has 5 nitrogen and oxygen atoms in total. The highest BCUT2D eigenvalue weighted by Gasteiger charge is 2.36. The van der Waals surface area contributed by atoms with E-state index in [0.717, 1.165) is 19.4 Å². The quantitative estimate of drug-likeness (QED) is 0.692. The van der Waals surface area contributed by atoms with Crippen molar-refractivity contribution in [3.05, 3.63) is 18.3 Å². The Hall–Kier alpha value is -1.62. The van der Waals surface area contributed by atoms with Crippen LogP contribution in [-0.2, 0) is 4.79 Å². The number of aromatic hydroxyl groups is 1. The van der Waals surface area contributed by atoms with Crippen molar-refractivity contribution in [3.8, 4) is 5.75 Å². The molecule has 1 aromatic heterocycles. The first-order valence-electron chi connectivity index (χ1n) is 5.32. The molecule has 0 aliphatic carbocycles. The van der Waals surface area contributed by atoms with Gasteiger partial charge in [-0.2, -0.15) is 0 Å². The van der Waals surface area contributed by atoms with Gasteiger partial charge in [0.05, 0.1) is 5.54 Å². The zero-order valence-corrected chi connectivity index (χ0v) is 9.16. The van der Waals surface area contributed by atoms with Gasteiger partial charge in [0.25, 0.3) is 0 Å². The fraction of sp³-hybridized carbons (Fsp3) is 0.455. The van der Waals surface area contributed by atoms with Crippen LogP contribution in [0.5, 0.6) is 5.75 Å². The number of nitrogens with zero attached hydrogens (tertiary/aromatic N) is 1. The van der Waals surface area contributed by atoms with Crippen molar-refractivity contribution in [2.45, 2.75) is 25.3 Å². The van der Waals surface area contributed by atoms with Crippen LogP contribution in [0, 0.1) is 0 Å². The fourth-order valence-corrected chi connectivity index (χ4v) is 1.83. The molecule has 2 heterocycles. The van der Waals surface area contributed by atoms with E-state index in [0.29, 0.717) is 0 Å². The van der Waals surface area contributed by atoms with Gasteiger partial charge in [0.2, 0.25) is 5.91 Å². The Morgan fingerprint density at radius 2 is 2.50 bits per heavy atom. The van der Waals surface area contributed by atoms with Crippen LogP contribution >= 0.6 is 0 Å². The predicted octanol–water partition coefficient (Wildman–Crippen LogP) is 0.868. The van der Waals surface area contributed by atoms with Crippen molar-refractivity contribution in [2.75, 3.05) is 11.9 Å². The minimum absolute atomic E-state index is 0.0163. The fourth-order valence-electron chi connectivity index (χ4n) is 1.83. The Kier molecular flexibility index (Phi) is 2.78. The first-order valence-corrected chi connectivity index (χ1v) is 5.32. The second-order valence-electron chi connectivity index (χ2n) is 4.19. The molecule has 1 aromatic rings. The molecule has 5 heteroatoms. The van der Waals surface area contributed by atoms with Crippen LogP contribution in [0.3, 0.4) is 0 Å². The number of pyridine rings is 1. The highest BCUT2D eigenvalue weighted by Crippen LogP contribution is 2.23. The number of hydrogen-bond acceptors (Lipinski definition) is 4. The summed E-state index contributed by atoms with van der Waals surface area (Å²) < 4.78 is 0. The molecule has 3 N–H and O–H groups in total. The molecular weight excluding hydrogens is 206 g/mol. The molecule has 1 aliphatic rings. The summed E-state index contributed by atoms with van der Waals surface area (Å²) in [5.41, 5.74) is -0.552. The third-order valence-corrected chi connectivity index (χ3v) is 2.89. The van der Waals surface area contributed by atoms with E-state index in [1.807, 2.05) is 6.92 Å². The average Bonchev–Trinajstić information content (AvgIpc) is 2.70. The lowest BCUT2D eigenvalue weighted by molar-refractivity contribution is -0.121. The highest BCUT2D eigenvalue weighted by molar-refractivity contribution is 5.98. The molecule has 1 fully saturated rings. The molecule has 0 saturated carbocycles. The number of rotatable bonds is 2. The topological polar surface area (TPSA) is 74.2 Å². The minimum atomic E-state index is -0.552. The van der Waals surface area contributed by atoms with Crippen molar-refractivity contribution in [2.24, 2.45) is 0 Å². The van der Waals surface area contributed by atoms with E-state index in [9.17, 15) is 9.90 Å². The average molecular weight is 221 g/mol. The Morgan fingerprint density at radius 3 is 3.12 bits per heavy atom. The third kappa shape index (κ3) is 1.99. The Morgan fingerprint density at radius 1 is 1.69 bits per heavy atom. The van der Waals surface area contributed by atoms with E-state index in [1.54, 1.807) is 6.07 Å². The summed E-state index contributed by atoms with van der Waals surface area (Å²) in [4.78, 5) is 15.9. The van der Waals surface area contributed by atoms with Crippen molar-refractivity contribution in [1.29, 1.82) is 0 Å². The van der Waals surface area contributed by atoms with E-state index in [-0.39, 0.29) is 17.5 Å². The Balaban J connectivity index is 2.10. The van der Waals surface area contributed by atoms with Crippen molar-refractivity contribution in [3.63, 3.8) is 0 Å². The summed E-state index contributed by atoms with van der Waals surface area (Å²) in [6.45, 7) is 2.70. The molecule has 16 heavy (non-hydrogen) atoms. The molecule has 0 spiro atoms. The summed E-state index contributed by atoms with van der Waals surface area (Å²) in [6.07, 6.45) is 3.31. The normalized spacial score (nSPS) is 24.3. The number of carbonyl (C=O) groups excluding carboxylic acids is 1. The Bertz CT molecular complexity index is 400. The maximum Gasteiger partial charge on any atom is 0.245 e. The summed E-state index contributed by atoms with van der Waals surface area (Å²) in [5.74, 6) is 0.0406. The van der Waals surface area contributed by atoms with Gasteiger partial charge in [-0.15, -0.1) is 0 Å². The molecule has 86 valence electrons. The van der Waals surface area contributed by atoms with Gasteiger partial charge in [-0.05, 0) is 38.4 Å². The first kappa shape index (κ1) is 10.9. The van der Waals surface area contributed by atoms with Gasteiger partial charge in [0, 0.05) is 6.20 Å². The van der Waals surface area contributed by atoms with Crippen LogP contribution in [-0.4, -0.2) is 28.1 Å². The number of amides is 1. The van der Waals surface area contributed by atoms with E-state index in [2.05, 4.69) is 15.6 Å². The van der Waals surface area contributed by atoms with Crippen LogP contribution in [0.1, 0.15) is 19.8 Å². The van der Waals surface area contributed by atoms with Crippen LogP contribution in [0.15, 0.2) is 18.3 Å². The first-order chi connectivity index (χ1) is 7.62. The van der Waals surface area contributed by atoms with Gasteiger partial charge in [-0.25, -0.2) is 4.98 Å². The van der Waals surface area contributed by atoms with Gasteiger partial charge < -0.3 is 15.7 Å². The minimum Gasteiger partial charge on any atom is -0.504 e. The van der Waals surface area contributed by atoms with Gasteiger partial charge in [0.15, 0.2) is 11.6 Å². The van der Waals surface area contributed by atoms with Gasteiger partial charge in [0.1, 0.15) is 0 Å². The molecule has 2 rings (SSSR count). The SMILES string of the molecule is CC1(C(=O)Nc2ncccc2O)CCCN1. The van der Waals surface area contributed by atoms with E-state index >= 15 is 0 Å². The van der Waals surface area contributed by atoms with Crippen LogP contribution in [0.4, 0.5) is 5.82 Å². The molecule has 0 bridgehead atoms. The zero-order valence-electron chi connectivity index (χ0n) is 9.16. The third-order valence-electron chi connectivity index (χ3n) is 2.89. The van der Waals surface area contributed by atoms with Crippen LogP contribution in [0.25, 0.3) is 0 Å². The van der Waals surface area contributed by atoms with Gasteiger partial charge in [-0.1, -0.05) is 0 Å². The summed E-state index contributed by atoms with van der Waals surface area (Å²) in [7, 11) is 0. The molecule has 1 saturated heterocycles. The molecule has 1 unspecified atom stereocenters. The monoisotopic (exact) mass is 221 g/mol.